The third-order valence-corrected chi connectivity index (χ3v) is 11.2. The van der Waals surface area contributed by atoms with E-state index in [9.17, 15) is 14.4 Å². The molecule has 0 heterocycles. The Hall–Kier alpha value is -1.59. The van der Waals surface area contributed by atoms with Crippen molar-refractivity contribution in [1.29, 1.82) is 0 Å². The summed E-state index contributed by atoms with van der Waals surface area (Å²) >= 11 is 0. The summed E-state index contributed by atoms with van der Waals surface area (Å²) in [4.78, 5) is 37.5. The van der Waals surface area contributed by atoms with E-state index in [-0.39, 0.29) is 31.1 Å². The number of ether oxygens (including phenoxy) is 3. The van der Waals surface area contributed by atoms with Crippen molar-refractivity contribution in [2.45, 2.75) is 271 Å². The van der Waals surface area contributed by atoms with Crippen molar-refractivity contribution >= 4 is 17.9 Å². The molecule has 0 aliphatic carbocycles. The fourth-order valence-corrected chi connectivity index (χ4v) is 7.12. The smallest absolute Gasteiger partial charge is 0.306 e. The largest absolute Gasteiger partial charge is 0.462 e. The van der Waals surface area contributed by atoms with Gasteiger partial charge in [0.05, 0.1) is 0 Å². The third-order valence-electron chi connectivity index (χ3n) is 11.2. The van der Waals surface area contributed by atoms with E-state index in [1.54, 1.807) is 0 Å². The molecule has 320 valence electrons. The van der Waals surface area contributed by atoms with Crippen LogP contribution in [-0.2, 0) is 28.6 Å². The van der Waals surface area contributed by atoms with Gasteiger partial charge in [0, 0.05) is 19.3 Å². The van der Waals surface area contributed by atoms with Crippen LogP contribution in [0.15, 0.2) is 0 Å². The van der Waals surface area contributed by atoms with Crippen LogP contribution in [0.2, 0.25) is 0 Å². The van der Waals surface area contributed by atoms with Crippen LogP contribution in [-0.4, -0.2) is 37.2 Å². The lowest BCUT2D eigenvalue weighted by atomic mass is 9.99. The average Bonchev–Trinajstić information content (AvgIpc) is 3.17. The maximum atomic E-state index is 12.5. The van der Waals surface area contributed by atoms with Gasteiger partial charge in [0.15, 0.2) is 6.10 Å². The Morgan fingerprint density at radius 3 is 0.963 bits per heavy atom. The molecule has 0 aromatic heterocycles. The van der Waals surface area contributed by atoms with Gasteiger partial charge in [-0.2, -0.15) is 0 Å². The number of rotatable bonds is 43. The Morgan fingerprint density at radius 1 is 0.370 bits per heavy atom. The summed E-state index contributed by atoms with van der Waals surface area (Å²) in [6, 6.07) is 0. The standard InChI is InChI=1S/C48H92O6/c1-5-8-10-12-13-14-15-16-17-18-19-20-21-25-28-32-35-39-46(49)52-42-45(54-48(51)41-37-30-11-9-6-2)43-53-47(50)40-36-33-29-26-23-22-24-27-31-34-38-44(4)7-3/h44-45H,5-43H2,1-4H3/t44?,45-/m1/s1. The molecule has 0 bridgehead atoms. The molecule has 0 aromatic rings. The van der Waals surface area contributed by atoms with Gasteiger partial charge in [0.25, 0.3) is 0 Å². The van der Waals surface area contributed by atoms with Crippen LogP contribution in [0.1, 0.15) is 265 Å². The molecule has 0 saturated carbocycles. The lowest BCUT2D eigenvalue weighted by Gasteiger charge is -2.18. The summed E-state index contributed by atoms with van der Waals surface area (Å²) in [6.45, 7) is 8.95. The Morgan fingerprint density at radius 2 is 0.648 bits per heavy atom. The molecule has 1 unspecified atom stereocenters. The monoisotopic (exact) mass is 765 g/mol. The van der Waals surface area contributed by atoms with Gasteiger partial charge >= 0.3 is 17.9 Å². The molecule has 0 radical (unpaired) electrons. The quantitative estimate of drug-likeness (QED) is 0.0349. The number of unbranched alkanes of at least 4 members (excludes halogenated alkanes) is 29. The molecule has 6 nitrogen and oxygen atoms in total. The van der Waals surface area contributed by atoms with Gasteiger partial charge in [-0.05, 0) is 25.2 Å². The highest BCUT2D eigenvalue weighted by atomic mass is 16.6. The zero-order chi connectivity index (χ0) is 39.6. The molecule has 0 amide bonds. The van der Waals surface area contributed by atoms with Gasteiger partial charge < -0.3 is 14.2 Å². The van der Waals surface area contributed by atoms with E-state index in [1.165, 1.54) is 154 Å². The Labute approximate surface area is 336 Å². The molecule has 0 aliphatic heterocycles. The van der Waals surface area contributed by atoms with Crippen molar-refractivity contribution < 1.29 is 28.6 Å². The van der Waals surface area contributed by atoms with Crippen LogP contribution in [0.5, 0.6) is 0 Å². The van der Waals surface area contributed by atoms with E-state index < -0.39 is 6.10 Å². The van der Waals surface area contributed by atoms with Gasteiger partial charge in [0.2, 0.25) is 0 Å². The van der Waals surface area contributed by atoms with Gasteiger partial charge in [-0.1, -0.05) is 227 Å². The summed E-state index contributed by atoms with van der Waals surface area (Å²) in [5.74, 6) is 0.00384. The van der Waals surface area contributed by atoms with Crippen molar-refractivity contribution in [3.63, 3.8) is 0 Å². The highest BCUT2D eigenvalue weighted by Crippen LogP contribution is 2.17. The van der Waals surface area contributed by atoms with E-state index >= 15 is 0 Å². The molecule has 0 rings (SSSR count). The molecule has 0 aliphatic rings. The van der Waals surface area contributed by atoms with Crippen LogP contribution in [0.3, 0.4) is 0 Å². The Kier molecular flexibility index (Phi) is 41.3. The van der Waals surface area contributed by atoms with E-state index in [2.05, 4.69) is 27.7 Å². The minimum Gasteiger partial charge on any atom is -0.462 e. The fourth-order valence-electron chi connectivity index (χ4n) is 7.12. The maximum absolute atomic E-state index is 12.5. The topological polar surface area (TPSA) is 78.9 Å². The second kappa shape index (κ2) is 42.6. The van der Waals surface area contributed by atoms with Gasteiger partial charge in [-0.15, -0.1) is 0 Å². The first-order valence-corrected chi connectivity index (χ1v) is 23.9. The molecule has 0 fully saturated rings. The van der Waals surface area contributed by atoms with Gasteiger partial charge in [-0.3, -0.25) is 14.4 Å². The number of hydrogen-bond acceptors (Lipinski definition) is 6. The molecule has 54 heavy (non-hydrogen) atoms. The normalized spacial score (nSPS) is 12.4. The Balaban J connectivity index is 4.10. The van der Waals surface area contributed by atoms with E-state index in [0.29, 0.717) is 19.3 Å². The van der Waals surface area contributed by atoms with Crippen molar-refractivity contribution in [2.24, 2.45) is 5.92 Å². The van der Waals surface area contributed by atoms with Crippen molar-refractivity contribution in [3.05, 3.63) is 0 Å². The highest BCUT2D eigenvalue weighted by molar-refractivity contribution is 5.71. The first kappa shape index (κ1) is 52.4. The lowest BCUT2D eigenvalue weighted by molar-refractivity contribution is -0.167. The van der Waals surface area contributed by atoms with Crippen LogP contribution < -0.4 is 0 Å². The molecule has 2 atom stereocenters. The van der Waals surface area contributed by atoms with Gasteiger partial charge in [-0.25, -0.2) is 0 Å². The first-order chi connectivity index (χ1) is 26.4. The van der Waals surface area contributed by atoms with E-state index in [4.69, 9.17) is 14.2 Å². The molecule has 0 N–H and O–H groups in total. The molecular weight excluding hydrogens is 673 g/mol. The average molecular weight is 765 g/mol. The minimum absolute atomic E-state index is 0.0650. The molecule has 0 saturated heterocycles. The summed E-state index contributed by atoms with van der Waals surface area (Å²) in [6.07, 6.45) is 42.6. The van der Waals surface area contributed by atoms with Gasteiger partial charge in [0.1, 0.15) is 13.2 Å². The fraction of sp³-hybridized carbons (Fsp3) is 0.938. The minimum atomic E-state index is -0.758. The first-order valence-electron chi connectivity index (χ1n) is 23.9. The summed E-state index contributed by atoms with van der Waals surface area (Å²) < 4.78 is 16.6. The lowest BCUT2D eigenvalue weighted by Crippen LogP contribution is -2.30. The molecular formula is C48H92O6. The second-order valence-corrected chi connectivity index (χ2v) is 16.6. The van der Waals surface area contributed by atoms with Crippen LogP contribution in [0.25, 0.3) is 0 Å². The Bertz CT molecular complexity index is 813. The number of esters is 3. The second-order valence-electron chi connectivity index (χ2n) is 16.6. The van der Waals surface area contributed by atoms with Crippen molar-refractivity contribution in [1.82, 2.24) is 0 Å². The molecule has 0 spiro atoms. The predicted molar refractivity (Wildman–Crippen MR) is 229 cm³/mol. The number of carbonyl (C=O) groups excluding carboxylic acids is 3. The van der Waals surface area contributed by atoms with Crippen molar-refractivity contribution in [2.75, 3.05) is 13.2 Å². The SMILES string of the molecule is CCCCCCCCCCCCCCCCCCCC(=O)OC[C@H](COC(=O)CCCCCCCCCCCCC(C)CC)OC(=O)CCCCCCC. The third kappa shape index (κ3) is 40.1. The van der Waals surface area contributed by atoms with E-state index in [1.807, 2.05) is 0 Å². The highest BCUT2D eigenvalue weighted by Gasteiger charge is 2.19. The number of carbonyl (C=O) groups is 3. The predicted octanol–water partition coefficient (Wildman–Crippen LogP) is 15.1. The van der Waals surface area contributed by atoms with Crippen LogP contribution in [0.4, 0.5) is 0 Å². The zero-order valence-electron chi connectivity index (χ0n) is 36.7. The van der Waals surface area contributed by atoms with Crippen LogP contribution in [0, 0.1) is 5.92 Å². The van der Waals surface area contributed by atoms with Crippen LogP contribution >= 0.6 is 0 Å². The molecule has 6 heteroatoms. The summed E-state index contributed by atoms with van der Waals surface area (Å²) in [5.41, 5.74) is 0. The molecule has 0 aromatic carbocycles. The number of hydrogen-bond donors (Lipinski definition) is 0. The summed E-state index contributed by atoms with van der Waals surface area (Å²) in [5, 5.41) is 0. The zero-order valence-corrected chi connectivity index (χ0v) is 36.7. The maximum Gasteiger partial charge on any atom is 0.306 e. The summed E-state index contributed by atoms with van der Waals surface area (Å²) in [7, 11) is 0. The van der Waals surface area contributed by atoms with E-state index in [0.717, 1.165) is 70.1 Å². The van der Waals surface area contributed by atoms with Crippen molar-refractivity contribution in [3.8, 4) is 0 Å².